The van der Waals surface area contributed by atoms with E-state index in [0.29, 0.717) is 22.3 Å². The van der Waals surface area contributed by atoms with Crippen LogP contribution in [0.1, 0.15) is 75.7 Å². The lowest BCUT2D eigenvalue weighted by atomic mass is 9.95. The molecule has 2 aromatic carbocycles. The van der Waals surface area contributed by atoms with Crippen LogP contribution in [0.25, 0.3) is 0 Å². The number of hydrogen-bond donors (Lipinski definition) is 1. The van der Waals surface area contributed by atoms with Gasteiger partial charge in [0.1, 0.15) is 0 Å². The Hall–Kier alpha value is -3.48. The van der Waals surface area contributed by atoms with Crippen LogP contribution in [0.3, 0.4) is 0 Å². The van der Waals surface area contributed by atoms with E-state index < -0.39 is 12.1 Å². The van der Waals surface area contributed by atoms with E-state index >= 15 is 0 Å². The normalized spacial score (nSPS) is 17.1. The summed E-state index contributed by atoms with van der Waals surface area (Å²) < 4.78 is 5.32. The molecule has 166 valence electrons. The summed E-state index contributed by atoms with van der Waals surface area (Å²) >= 11 is 0. The van der Waals surface area contributed by atoms with Gasteiger partial charge in [-0.2, -0.15) is 0 Å². The number of fused-ring (bicyclic) bond motifs is 1. The molecule has 1 heterocycles. The number of rotatable bonds is 6. The Labute approximate surface area is 186 Å². The molecule has 1 fully saturated rings. The highest BCUT2D eigenvalue weighted by molar-refractivity contribution is 6.21. The molecule has 1 N–H and O–H groups in total. The standard InChI is InChI=1S/C25H26N2O5/c1-16(22(28)26-19-7-3-2-4-8-19)32-25(31)18-13-11-17(12-14-18)15-27-23(29)20-9-5-6-10-21(20)24(27)30/h5-6,9-14,16,19H,2-4,7-8,15H2,1H3,(H,26,28). The Morgan fingerprint density at radius 3 is 2.16 bits per heavy atom. The average Bonchev–Trinajstić information content (AvgIpc) is 3.05. The molecule has 1 aliphatic carbocycles. The van der Waals surface area contributed by atoms with Crippen molar-refractivity contribution >= 4 is 23.7 Å². The second kappa shape index (κ2) is 9.34. The SMILES string of the molecule is CC(OC(=O)c1ccc(CN2C(=O)c3ccccc3C2=O)cc1)C(=O)NC1CCCCC1. The largest absolute Gasteiger partial charge is 0.449 e. The van der Waals surface area contributed by atoms with Crippen LogP contribution in [0.5, 0.6) is 0 Å². The molecular weight excluding hydrogens is 408 g/mol. The van der Waals surface area contributed by atoms with Crippen LogP contribution in [0.15, 0.2) is 48.5 Å². The van der Waals surface area contributed by atoms with E-state index in [4.69, 9.17) is 4.74 Å². The van der Waals surface area contributed by atoms with Crippen molar-refractivity contribution in [3.8, 4) is 0 Å². The fourth-order valence-electron chi connectivity index (χ4n) is 4.16. The lowest BCUT2D eigenvalue weighted by Gasteiger charge is -2.24. The number of ether oxygens (including phenoxy) is 1. The number of nitrogens with zero attached hydrogens (tertiary/aromatic N) is 1. The summed E-state index contributed by atoms with van der Waals surface area (Å²) in [6, 6.07) is 13.4. The number of nitrogens with one attached hydrogen (secondary N) is 1. The first-order valence-electron chi connectivity index (χ1n) is 11.0. The lowest BCUT2D eigenvalue weighted by Crippen LogP contribution is -2.42. The summed E-state index contributed by atoms with van der Waals surface area (Å²) in [5, 5.41) is 2.96. The van der Waals surface area contributed by atoms with Gasteiger partial charge in [0.15, 0.2) is 6.10 Å². The van der Waals surface area contributed by atoms with Gasteiger partial charge in [-0.15, -0.1) is 0 Å². The van der Waals surface area contributed by atoms with E-state index in [1.165, 1.54) is 11.3 Å². The molecule has 0 radical (unpaired) electrons. The van der Waals surface area contributed by atoms with Crippen molar-refractivity contribution in [2.24, 2.45) is 0 Å². The zero-order chi connectivity index (χ0) is 22.7. The summed E-state index contributed by atoms with van der Waals surface area (Å²) in [7, 11) is 0. The van der Waals surface area contributed by atoms with E-state index in [1.807, 2.05) is 0 Å². The topological polar surface area (TPSA) is 92.8 Å². The van der Waals surface area contributed by atoms with E-state index in [9.17, 15) is 19.2 Å². The minimum atomic E-state index is -0.887. The van der Waals surface area contributed by atoms with Gasteiger partial charge in [-0.3, -0.25) is 19.3 Å². The Morgan fingerprint density at radius 1 is 0.969 bits per heavy atom. The minimum Gasteiger partial charge on any atom is -0.449 e. The van der Waals surface area contributed by atoms with Gasteiger partial charge in [-0.05, 0) is 49.6 Å². The number of esters is 1. The first kappa shape index (κ1) is 21.7. The highest BCUT2D eigenvalue weighted by Crippen LogP contribution is 2.24. The quantitative estimate of drug-likeness (QED) is 0.555. The summed E-state index contributed by atoms with van der Waals surface area (Å²) in [5.74, 6) is -1.53. The van der Waals surface area contributed by atoms with Crippen LogP contribution in [0.4, 0.5) is 0 Å². The molecule has 1 saturated carbocycles. The predicted molar refractivity (Wildman–Crippen MR) is 117 cm³/mol. The second-order valence-corrected chi connectivity index (χ2v) is 8.33. The van der Waals surface area contributed by atoms with Crippen molar-refractivity contribution in [2.75, 3.05) is 0 Å². The van der Waals surface area contributed by atoms with E-state index in [-0.39, 0.29) is 30.3 Å². The zero-order valence-electron chi connectivity index (χ0n) is 18.0. The molecule has 7 nitrogen and oxygen atoms in total. The van der Waals surface area contributed by atoms with Crippen molar-refractivity contribution in [1.29, 1.82) is 0 Å². The van der Waals surface area contributed by atoms with Crippen LogP contribution >= 0.6 is 0 Å². The number of hydrogen-bond acceptors (Lipinski definition) is 5. The monoisotopic (exact) mass is 434 g/mol. The van der Waals surface area contributed by atoms with Crippen molar-refractivity contribution < 1.29 is 23.9 Å². The first-order chi connectivity index (χ1) is 15.4. The highest BCUT2D eigenvalue weighted by atomic mass is 16.5. The third kappa shape index (κ3) is 4.56. The van der Waals surface area contributed by atoms with Crippen molar-refractivity contribution in [3.63, 3.8) is 0 Å². The Balaban J connectivity index is 1.33. The molecule has 0 spiro atoms. The fraction of sp³-hybridized carbons (Fsp3) is 0.360. The molecule has 0 aromatic heterocycles. The molecule has 4 rings (SSSR count). The maximum absolute atomic E-state index is 12.5. The zero-order valence-corrected chi connectivity index (χ0v) is 18.0. The average molecular weight is 434 g/mol. The van der Waals surface area contributed by atoms with Gasteiger partial charge < -0.3 is 10.1 Å². The number of imide groups is 1. The summed E-state index contributed by atoms with van der Waals surface area (Å²) in [4.78, 5) is 51.0. The summed E-state index contributed by atoms with van der Waals surface area (Å²) in [5.41, 5.74) is 1.81. The molecule has 1 unspecified atom stereocenters. The van der Waals surface area contributed by atoms with Crippen LogP contribution in [0, 0.1) is 0 Å². The van der Waals surface area contributed by atoms with Gasteiger partial charge in [-0.1, -0.05) is 43.5 Å². The number of benzene rings is 2. The first-order valence-corrected chi connectivity index (χ1v) is 11.0. The Kier molecular flexibility index (Phi) is 6.35. The summed E-state index contributed by atoms with van der Waals surface area (Å²) in [6.45, 7) is 1.68. The lowest BCUT2D eigenvalue weighted by molar-refractivity contribution is -0.130. The third-order valence-corrected chi connectivity index (χ3v) is 6.01. The van der Waals surface area contributed by atoms with Crippen molar-refractivity contribution in [2.45, 2.75) is 57.7 Å². The Bertz CT molecular complexity index is 1010. The van der Waals surface area contributed by atoms with Gasteiger partial charge in [0.05, 0.1) is 23.2 Å². The maximum Gasteiger partial charge on any atom is 0.338 e. The van der Waals surface area contributed by atoms with Crippen LogP contribution in [0.2, 0.25) is 0 Å². The van der Waals surface area contributed by atoms with Gasteiger partial charge >= 0.3 is 5.97 Å². The molecule has 1 aliphatic heterocycles. The van der Waals surface area contributed by atoms with E-state index in [2.05, 4.69) is 5.32 Å². The van der Waals surface area contributed by atoms with Crippen molar-refractivity contribution in [3.05, 3.63) is 70.8 Å². The van der Waals surface area contributed by atoms with Crippen LogP contribution in [-0.2, 0) is 16.1 Å². The number of carbonyl (C=O) groups is 4. The van der Waals surface area contributed by atoms with Gasteiger partial charge in [0, 0.05) is 6.04 Å². The smallest absolute Gasteiger partial charge is 0.338 e. The minimum absolute atomic E-state index is 0.113. The third-order valence-electron chi connectivity index (χ3n) is 6.01. The Morgan fingerprint density at radius 2 is 1.56 bits per heavy atom. The highest BCUT2D eigenvalue weighted by Gasteiger charge is 2.35. The molecule has 3 amide bonds. The van der Waals surface area contributed by atoms with E-state index in [1.54, 1.807) is 55.5 Å². The molecular formula is C25H26N2O5. The predicted octanol–water partition coefficient (Wildman–Crippen LogP) is 3.48. The molecule has 32 heavy (non-hydrogen) atoms. The molecule has 0 bridgehead atoms. The van der Waals surface area contributed by atoms with Crippen molar-refractivity contribution in [1.82, 2.24) is 10.2 Å². The number of amides is 3. The number of carbonyl (C=O) groups excluding carboxylic acids is 4. The molecule has 2 aliphatic rings. The van der Waals surface area contributed by atoms with Gasteiger partial charge in [-0.25, -0.2) is 4.79 Å². The van der Waals surface area contributed by atoms with E-state index in [0.717, 1.165) is 25.7 Å². The molecule has 7 heteroatoms. The molecule has 1 atom stereocenters. The van der Waals surface area contributed by atoms with Gasteiger partial charge in [0.2, 0.25) is 0 Å². The van der Waals surface area contributed by atoms with Gasteiger partial charge in [0.25, 0.3) is 17.7 Å². The molecule has 2 aromatic rings. The van der Waals surface area contributed by atoms with Crippen LogP contribution in [-0.4, -0.2) is 40.7 Å². The van der Waals surface area contributed by atoms with Crippen LogP contribution < -0.4 is 5.32 Å². The second-order valence-electron chi connectivity index (χ2n) is 8.33. The maximum atomic E-state index is 12.5. The summed E-state index contributed by atoms with van der Waals surface area (Å²) in [6.07, 6.45) is 4.43. The fourth-order valence-corrected chi connectivity index (χ4v) is 4.16. The molecule has 0 saturated heterocycles.